The maximum atomic E-state index is 10.2. The van der Waals surface area contributed by atoms with Gasteiger partial charge in [-0.25, -0.2) is 0 Å². The van der Waals surface area contributed by atoms with Crippen LogP contribution < -0.4 is 0 Å². The Morgan fingerprint density at radius 3 is 2.65 bits per heavy atom. The summed E-state index contributed by atoms with van der Waals surface area (Å²) in [6.45, 7) is 6.78. The summed E-state index contributed by atoms with van der Waals surface area (Å²) in [4.78, 5) is 5.93. The molecule has 1 aliphatic rings. The van der Waals surface area contributed by atoms with Gasteiger partial charge in [0.2, 0.25) is 0 Å². The van der Waals surface area contributed by atoms with Crippen molar-refractivity contribution in [3.63, 3.8) is 0 Å². The summed E-state index contributed by atoms with van der Waals surface area (Å²) < 4.78 is 0. The van der Waals surface area contributed by atoms with Crippen molar-refractivity contribution in [2.75, 3.05) is 13.1 Å². The Labute approximate surface area is 120 Å². The van der Waals surface area contributed by atoms with Gasteiger partial charge in [-0.3, -0.25) is 4.90 Å². The van der Waals surface area contributed by atoms with E-state index in [1.807, 2.05) is 12.1 Å². The number of aromatic hydroxyl groups is 1. The molecule has 2 aromatic rings. The van der Waals surface area contributed by atoms with Gasteiger partial charge in [-0.2, -0.15) is 0 Å². The number of benzene rings is 1. The van der Waals surface area contributed by atoms with Crippen molar-refractivity contribution < 1.29 is 5.11 Å². The van der Waals surface area contributed by atoms with Gasteiger partial charge in [-0.1, -0.05) is 13.8 Å². The lowest BCUT2D eigenvalue weighted by Gasteiger charge is -2.34. The van der Waals surface area contributed by atoms with Crippen LogP contribution in [0.15, 0.2) is 18.3 Å². The van der Waals surface area contributed by atoms with Crippen molar-refractivity contribution in [2.24, 2.45) is 0 Å². The third kappa shape index (κ3) is 2.20. The lowest BCUT2D eigenvalue weighted by molar-refractivity contribution is 0.191. The van der Waals surface area contributed by atoms with Gasteiger partial charge in [0.1, 0.15) is 5.75 Å². The molecule has 1 aromatic carbocycles. The van der Waals surface area contributed by atoms with E-state index < -0.39 is 0 Å². The molecule has 3 nitrogen and oxygen atoms in total. The Hall–Kier alpha value is -1.48. The second kappa shape index (κ2) is 5.49. The molecule has 0 bridgehead atoms. The van der Waals surface area contributed by atoms with Gasteiger partial charge >= 0.3 is 0 Å². The summed E-state index contributed by atoms with van der Waals surface area (Å²) >= 11 is 0. The van der Waals surface area contributed by atoms with Gasteiger partial charge in [0.15, 0.2) is 0 Å². The molecular weight excluding hydrogens is 248 g/mol. The summed E-state index contributed by atoms with van der Waals surface area (Å²) in [5.74, 6) is 0.455. The zero-order valence-electron chi connectivity index (χ0n) is 12.4. The van der Waals surface area contributed by atoms with E-state index in [0.717, 1.165) is 37.0 Å². The first kappa shape index (κ1) is 13.5. The molecule has 20 heavy (non-hydrogen) atoms. The monoisotopic (exact) mass is 272 g/mol. The first-order chi connectivity index (χ1) is 9.74. The van der Waals surface area contributed by atoms with Gasteiger partial charge in [0.25, 0.3) is 0 Å². The second-order valence-electron chi connectivity index (χ2n) is 5.90. The molecule has 0 saturated carbocycles. The van der Waals surface area contributed by atoms with Crippen molar-refractivity contribution in [1.82, 2.24) is 9.88 Å². The SMILES string of the molecule is CCCN(CCC)C1Cc2c[nH]c3ccc(O)c(c23)C1. The van der Waals surface area contributed by atoms with Crippen LogP contribution in [0.3, 0.4) is 0 Å². The zero-order chi connectivity index (χ0) is 14.1. The Balaban J connectivity index is 1.95. The molecule has 108 valence electrons. The summed E-state index contributed by atoms with van der Waals surface area (Å²) in [5, 5.41) is 11.5. The number of hydrogen-bond acceptors (Lipinski definition) is 2. The Kier molecular flexibility index (Phi) is 3.70. The van der Waals surface area contributed by atoms with E-state index >= 15 is 0 Å². The van der Waals surface area contributed by atoms with Gasteiger partial charge < -0.3 is 10.1 Å². The Morgan fingerprint density at radius 2 is 1.95 bits per heavy atom. The fourth-order valence-electron chi connectivity index (χ4n) is 3.60. The Bertz CT molecular complexity index is 596. The quantitative estimate of drug-likeness (QED) is 0.875. The minimum Gasteiger partial charge on any atom is -0.508 e. The third-order valence-electron chi connectivity index (χ3n) is 4.44. The minimum absolute atomic E-state index is 0.455. The summed E-state index contributed by atoms with van der Waals surface area (Å²) in [6.07, 6.45) is 6.56. The number of phenolic OH excluding ortho intramolecular Hbond substituents is 1. The number of H-pyrrole nitrogens is 1. The maximum Gasteiger partial charge on any atom is 0.119 e. The van der Waals surface area contributed by atoms with Crippen molar-refractivity contribution in [2.45, 2.75) is 45.6 Å². The number of aromatic nitrogens is 1. The molecule has 0 spiro atoms. The average Bonchev–Trinajstić information content (AvgIpc) is 2.86. The fourth-order valence-corrected chi connectivity index (χ4v) is 3.60. The molecule has 3 rings (SSSR count). The molecule has 0 fully saturated rings. The molecule has 0 radical (unpaired) electrons. The van der Waals surface area contributed by atoms with Crippen molar-refractivity contribution in [3.8, 4) is 5.75 Å². The van der Waals surface area contributed by atoms with Crippen molar-refractivity contribution in [3.05, 3.63) is 29.5 Å². The first-order valence-electron chi connectivity index (χ1n) is 7.79. The number of hydrogen-bond donors (Lipinski definition) is 2. The maximum absolute atomic E-state index is 10.2. The molecule has 1 atom stereocenters. The highest BCUT2D eigenvalue weighted by Gasteiger charge is 2.27. The van der Waals surface area contributed by atoms with E-state index in [1.165, 1.54) is 23.8 Å². The minimum atomic E-state index is 0.455. The van der Waals surface area contributed by atoms with Crippen LogP contribution in [0.2, 0.25) is 0 Å². The van der Waals surface area contributed by atoms with Gasteiger partial charge in [-0.05, 0) is 56.5 Å². The largest absolute Gasteiger partial charge is 0.508 e. The van der Waals surface area contributed by atoms with E-state index in [0.29, 0.717) is 11.8 Å². The topological polar surface area (TPSA) is 39.3 Å². The number of nitrogens with one attached hydrogen (secondary N) is 1. The summed E-state index contributed by atoms with van der Waals surface area (Å²) in [6, 6.07) is 4.33. The third-order valence-corrected chi connectivity index (χ3v) is 4.44. The Morgan fingerprint density at radius 1 is 1.20 bits per heavy atom. The highest BCUT2D eigenvalue weighted by atomic mass is 16.3. The van der Waals surface area contributed by atoms with Crippen LogP contribution in [0.5, 0.6) is 5.75 Å². The summed E-state index contributed by atoms with van der Waals surface area (Å²) in [7, 11) is 0. The molecular formula is C17H24N2O. The molecule has 0 saturated heterocycles. The predicted octanol–water partition coefficient (Wildman–Crippen LogP) is 3.46. The van der Waals surface area contributed by atoms with Crippen LogP contribution in [-0.4, -0.2) is 34.1 Å². The smallest absolute Gasteiger partial charge is 0.119 e. The van der Waals surface area contributed by atoms with E-state index in [1.54, 1.807) is 0 Å². The lowest BCUT2D eigenvalue weighted by Crippen LogP contribution is -2.40. The highest BCUT2D eigenvalue weighted by Crippen LogP contribution is 2.36. The van der Waals surface area contributed by atoms with Gasteiger partial charge in [0, 0.05) is 28.7 Å². The van der Waals surface area contributed by atoms with Crippen LogP contribution in [-0.2, 0) is 12.8 Å². The van der Waals surface area contributed by atoms with Gasteiger partial charge in [-0.15, -0.1) is 0 Å². The molecule has 2 N–H and O–H groups in total. The molecule has 0 amide bonds. The molecule has 3 heteroatoms. The molecule has 1 heterocycles. The fraction of sp³-hybridized carbons (Fsp3) is 0.529. The number of nitrogens with zero attached hydrogens (tertiary/aromatic N) is 1. The van der Waals surface area contributed by atoms with Crippen LogP contribution in [0, 0.1) is 0 Å². The molecule has 1 aliphatic carbocycles. The molecule has 1 unspecified atom stereocenters. The number of aromatic amines is 1. The zero-order valence-corrected chi connectivity index (χ0v) is 12.4. The van der Waals surface area contributed by atoms with E-state index in [-0.39, 0.29) is 0 Å². The van der Waals surface area contributed by atoms with Crippen molar-refractivity contribution >= 4 is 10.9 Å². The van der Waals surface area contributed by atoms with E-state index in [4.69, 9.17) is 0 Å². The molecule has 0 aliphatic heterocycles. The normalized spacial score (nSPS) is 18.1. The van der Waals surface area contributed by atoms with Crippen LogP contribution >= 0.6 is 0 Å². The van der Waals surface area contributed by atoms with E-state index in [2.05, 4.69) is 29.9 Å². The predicted molar refractivity (Wildman–Crippen MR) is 83.3 cm³/mol. The molecule has 1 aromatic heterocycles. The number of phenols is 1. The van der Waals surface area contributed by atoms with Crippen LogP contribution in [0.25, 0.3) is 10.9 Å². The first-order valence-corrected chi connectivity index (χ1v) is 7.79. The average molecular weight is 272 g/mol. The van der Waals surface area contributed by atoms with Crippen molar-refractivity contribution in [1.29, 1.82) is 0 Å². The standard InChI is InChI=1S/C17H24N2O/c1-3-7-19(8-4-2)13-9-12-11-18-15-5-6-16(20)14(10-13)17(12)15/h5-6,11,13,18,20H,3-4,7-10H2,1-2H3. The lowest BCUT2D eigenvalue weighted by atomic mass is 9.87. The summed E-state index contributed by atoms with van der Waals surface area (Å²) in [5.41, 5.74) is 3.65. The second-order valence-corrected chi connectivity index (χ2v) is 5.90. The van der Waals surface area contributed by atoms with E-state index in [9.17, 15) is 5.11 Å². The number of rotatable bonds is 5. The van der Waals surface area contributed by atoms with Crippen LogP contribution in [0.4, 0.5) is 0 Å². The highest BCUT2D eigenvalue weighted by molar-refractivity contribution is 5.89. The van der Waals surface area contributed by atoms with Crippen LogP contribution in [0.1, 0.15) is 37.8 Å². The van der Waals surface area contributed by atoms with Gasteiger partial charge in [0.05, 0.1) is 0 Å².